The predicted molar refractivity (Wildman–Crippen MR) is 92.9 cm³/mol. The molecule has 5 heteroatoms. The fourth-order valence-corrected chi connectivity index (χ4v) is 3.36. The maximum atomic E-state index is 12.6. The highest BCUT2D eigenvalue weighted by atomic mass is 16.5. The number of amides is 2. The SMILES string of the molecule is CCOc1ccccc1NC(=O)C1CC1C(=O)N1CCCCCC1. The fourth-order valence-electron chi connectivity index (χ4n) is 3.36. The lowest BCUT2D eigenvalue weighted by molar-refractivity contribution is -0.134. The van der Waals surface area contributed by atoms with Gasteiger partial charge in [0.05, 0.1) is 24.1 Å². The van der Waals surface area contributed by atoms with Gasteiger partial charge in [-0.05, 0) is 38.3 Å². The van der Waals surface area contributed by atoms with E-state index in [-0.39, 0.29) is 23.7 Å². The monoisotopic (exact) mass is 330 g/mol. The van der Waals surface area contributed by atoms with Gasteiger partial charge in [0.1, 0.15) is 5.75 Å². The fraction of sp³-hybridized carbons (Fsp3) is 0.579. The molecule has 0 aromatic heterocycles. The quantitative estimate of drug-likeness (QED) is 0.902. The number of ether oxygens (including phenoxy) is 1. The second-order valence-corrected chi connectivity index (χ2v) is 6.61. The third kappa shape index (κ3) is 3.89. The summed E-state index contributed by atoms with van der Waals surface area (Å²) < 4.78 is 5.53. The van der Waals surface area contributed by atoms with E-state index in [0.717, 1.165) is 25.9 Å². The molecule has 1 aliphatic carbocycles. The van der Waals surface area contributed by atoms with Crippen LogP contribution in [0.1, 0.15) is 39.0 Å². The lowest BCUT2D eigenvalue weighted by Gasteiger charge is -2.20. The average Bonchev–Trinajstić information content (AvgIpc) is 3.40. The van der Waals surface area contributed by atoms with E-state index in [0.29, 0.717) is 24.5 Å². The normalized spacial score (nSPS) is 23.3. The van der Waals surface area contributed by atoms with E-state index < -0.39 is 0 Å². The van der Waals surface area contributed by atoms with Crippen molar-refractivity contribution in [2.24, 2.45) is 11.8 Å². The molecule has 2 unspecified atom stereocenters. The van der Waals surface area contributed by atoms with Crippen LogP contribution in [0.2, 0.25) is 0 Å². The summed E-state index contributed by atoms with van der Waals surface area (Å²) in [5.41, 5.74) is 0.678. The van der Waals surface area contributed by atoms with E-state index in [2.05, 4.69) is 5.32 Å². The number of carbonyl (C=O) groups is 2. The highest BCUT2D eigenvalue weighted by Crippen LogP contribution is 2.41. The molecule has 5 nitrogen and oxygen atoms in total. The van der Waals surface area contributed by atoms with Gasteiger partial charge in [0.2, 0.25) is 11.8 Å². The molecule has 1 aromatic carbocycles. The first-order valence-corrected chi connectivity index (χ1v) is 9.02. The summed E-state index contributed by atoms with van der Waals surface area (Å²) in [4.78, 5) is 27.0. The Morgan fingerprint density at radius 1 is 1.12 bits per heavy atom. The van der Waals surface area contributed by atoms with Gasteiger partial charge in [-0.25, -0.2) is 0 Å². The van der Waals surface area contributed by atoms with Crippen molar-refractivity contribution in [2.45, 2.75) is 39.0 Å². The number of nitrogens with zero attached hydrogens (tertiary/aromatic N) is 1. The third-order valence-electron chi connectivity index (χ3n) is 4.81. The van der Waals surface area contributed by atoms with Gasteiger partial charge in [0.25, 0.3) is 0 Å². The number of benzene rings is 1. The molecule has 2 fully saturated rings. The van der Waals surface area contributed by atoms with Crippen LogP contribution >= 0.6 is 0 Å². The van der Waals surface area contributed by atoms with Gasteiger partial charge in [0.15, 0.2) is 0 Å². The molecule has 1 aliphatic heterocycles. The third-order valence-corrected chi connectivity index (χ3v) is 4.81. The molecule has 0 spiro atoms. The largest absolute Gasteiger partial charge is 0.492 e. The van der Waals surface area contributed by atoms with Gasteiger partial charge in [-0.3, -0.25) is 9.59 Å². The molecule has 2 aliphatic rings. The van der Waals surface area contributed by atoms with E-state index in [9.17, 15) is 9.59 Å². The molecular formula is C19H26N2O3. The van der Waals surface area contributed by atoms with Gasteiger partial charge in [0, 0.05) is 13.1 Å². The van der Waals surface area contributed by atoms with Crippen LogP contribution in [0.25, 0.3) is 0 Å². The van der Waals surface area contributed by atoms with Crippen LogP contribution in [0, 0.1) is 11.8 Å². The van der Waals surface area contributed by atoms with E-state index >= 15 is 0 Å². The first-order valence-electron chi connectivity index (χ1n) is 9.02. The lowest BCUT2D eigenvalue weighted by atomic mass is 10.2. The lowest BCUT2D eigenvalue weighted by Crippen LogP contribution is -2.34. The number of carbonyl (C=O) groups excluding carboxylic acids is 2. The summed E-state index contributed by atoms with van der Waals surface area (Å²) in [7, 11) is 0. The van der Waals surface area contributed by atoms with Crippen LogP contribution in [-0.2, 0) is 9.59 Å². The Morgan fingerprint density at radius 2 is 1.83 bits per heavy atom. The summed E-state index contributed by atoms with van der Waals surface area (Å²) in [6.07, 6.45) is 5.23. The molecule has 0 radical (unpaired) electrons. The van der Waals surface area contributed by atoms with Crippen LogP contribution in [-0.4, -0.2) is 36.4 Å². The molecule has 1 N–H and O–H groups in total. The van der Waals surface area contributed by atoms with Gasteiger partial charge in [-0.2, -0.15) is 0 Å². The van der Waals surface area contributed by atoms with Crippen molar-refractivity contribution in [1.29, 1.82) is 0 Å². The van der Waals surface area contributed by atoms with Crippen LogP contribution < -0.4 is 10.1 Å². The van der Waals surface area contributed by atoms with Crippen LogP contribution in [0.3, 0.4) is 0 Å². The van der Waals surface area contributed by atoms with Crippen molar-refractivity contribution >= 4 is 17.5 Å². The van der Waals surface area contributed by atoms with Gasteiger partial charge < -0.3 is 15.0 Å². The first kappa shape index (κ1) is 16.8. The zero-order valence-electron chi connectivity index (χ0n) is 14.3. The zero-order valence-corrected chi connectivity index (χ0v) is 14.3. The molecule has 2 atom stereocenters. The molecular weight excluding hydrogens is 304 g/mol. The second kappa shape index (κ2) is 7.69. The summed E-state index contributed by atoms with van der Waals surface area (Å²) in [6, 6.07) is 7.41. The first-order chi connectivity index (χ1) is 11.7. The Hall–Kier alpha value is -2.04. The van der Waals surface area contributed by atoms with Gasteiger partial charge in [-0.1, -0.05) is 25.0 Å². The Labute approximate surface area is 143 Å². The standard InChI is InChI=1S/C19H26N2O3/c1-2-24-17-10-6-5-9-16(17)20-18(22)14-13-15(14)19(23)21-11-7-3-4-8-12-21/h5-6,9-10,14-15H,2-4,7-8,11-13H2,1H3,(H,20,22). The van der Waals surface area contributed by atoms with Gasteiger partial charge >= 0.3 is 0 Å². The number of hydrogen-bond donors (Lipinski definition) is 1. The summed E-state index contributed by atoms with van der Waals surface area (Å²) in [5.74, 6) is 0.424. The number of para-hydroxylation sites is 2. The minimum Gasteiger partial charge on any atom is -0.492 e. The summed E-state index contributed by atoms with van der Waals surface area (Å²) >= 11 is 0. The van der Waals surface area contributed by atoms with Crippen molar-refractivity contribution in [3.05, 3.63) is 24.3 Å². The smallest absolute Gasteiger partial charge is 0.228 e. The van der Waals surface area contributed by atoms with Crippen molar-refractivity contribution in [3.63, 3.8) is 0 Å². The van der Waals surface area contributed by atoms with E-state index in [1.165, 1.54) is 12.8 Å². The van der Waals surface area contributed by atoms with Crippen molar-refractivity contribution in [2.75, 3.05) is 25.0 Å². The molecule has 1 heterocycles. The van der Waals surface area contributed by atoms with Crippen LogP contribution in [0.5, 0.6) is 5.75 Å². The minimum atomic E-state index is -0.199. The van der Waals surface area contributed by atoms with E-state index in [1.54, 1.807) is 0 Å². The van der Waals surface area contributed by atoms with Crippen LogP contribution in [0.15, 0.2) is 24.3 Å². The van der Waals surface area contributed by atoms with Crippen molar-refractivity contribution < 1.29 is 14.3 Å². The second-order valence-electron chi connectivity index (χ2n) is 6.61. The number of rotatable bonds is 5. The summed E-state index contributed by atoms with van der Waals surface area (Å²) in [6.45, 7) is 4.15. The topological polar surface area (TPSA) is 58.6 Å². The molecule has 1 saturated carbocycles. The molecule has 130 valence electrons. The highest BCUT2D eigenvalue weighted by Gasteiger charge is 2.49. The number of hydrogen-bond acceptors (Lipinski definition) is 3. The Kier molecular flexibility index (Phi) is 5.38. The molecule has 1 aromatic rings. The molecule has 24 heavy (non-hydrogen) atoms. The van der Waals surface area contributed by atoms with Crippen molar-refractivity contribution in [1.82, 2.24) is 4.90 Å². The maximum Gasteiger partial charge on any atom is 0.228 e. The summed E-state index contributed by atoms with van der Waals surface area (Å²) in [5, 5.41) is 2.92. The Morgan fingerprint density at radius 3 is 2.54 bits per heavy atom. The van der Waals surface area contributed by atoms with E-state index in [4.69, 9.17) is 4.74 Å². The predicted octanol–water partition coefficient (Wildman–Crippen LogP) is 3.06. The number of anilines is 1. The average molecular weight is 330 g/mol. The Balaban J connectivity index is 1.57. The Bertz CT molecular complexity index is 594. The minimum absolute atomic E-state index is 0.0738. The molecule has 0 bridgehead atoms. The zero-order chi connectivity index (χ0) is 16.9. The van der Waals surface area contributed by atoms with Crippen LogP contribution in [0.4, 0.5) is 5.69 Å². The maximum absolute atomic E-state index is 12.6. The molecule has 2 amide bonds. The number of nitrogens with one attached hydrogen (secondary N) is 1. The van der Waals surface area contributed by atoms with Gasteiger partial charge in [-0.15, -0.1) is 0 Å². The number of likely N-dealkylation sites (tertiary alicyclic amines) is 1. The molecule has 3 rings (SSSR count). The molecule has 1 saturated heterocycles. The highest BCUT2D eigenvalue weighted by molar-refractivity contribution is 6.00. The van der Waals surface area contributed by atoms with Crippen molar-refractivity contribution in [3.8, 4) is 5.75 Å². The van der Waals surface area contributed by atoms with E-state index in [1.807, 2.05) is 36.1 Å².